The monoisotopic (exact) mass is 414 g/mol. The van der Waals surface area contributed by atoms with E-state index < -0.39 is 0 Å². The third-order valence-corrected chi connectivity index (χ3v) is 5.54. The lowest BCUT2D eigenvalue weighted by atomic mass is 10.2. The fourth-order valence-electron chi connectivity index (χ4n) is 2.89. The molecule has 146 valence electrons. The second-order valence-corrected chi connectivity index (χ2v) is 7.90. The van der Waals surface area contributed by atoms with E-state index in [1.54, 1.807) is 18.8 Å². The molecule has 0 spiro atoms. The van der Waals surface area contributed by atoms with Crippen LogP contribution in [0, 0.1) is 6.92 Å². The number of hydrogen-bond acceptors (Lipinski definition) is 4. The Bertz CT molecular complexity index is 957. The lowest BCUT2D eigenvalue weighted by Crippen LogP contribution is -2.17. The van der Waals surface area contributed by atoms with Crippen LogP contribution >= 0.6 is 23.4 Å². The van der Waals surface area contributed by atoms with Gasteiger partial charge in [-0.2, -0.15) is 0 Å². The van der Waals surface area contributed by atoms with Crippen LogP contribution in [0.4, 0.5) is 0 Å². The third-order valence-electron chi connectivity index (χ3n) is 4.30. The molecule has 0 aliphatic rings. The van der Waals surface area contributed by atoms with E-state index in [9.17, 15) is 4.79 Å². The van der Waals surface area contributed by atoms with Gasteiger partial charge in [0, 0.05) is 36.4 Å². The summed E-state index contributed by atoms with van der Waals surface area (Å²) in [6.45, 7) is 2.07. The predicted molar refractivity (Wildman–Crippen MR) is 114 cm³/mol. The summed E-state index contributed by atoms with van der Waals surface area (Å²) in [4.78, 5) is 11.5. The van der Waals surface area contributed by atoms with Gasteiger partial charge >= 0.3 is 0 Å². The molecule has 0 radical (unpaired) electrons. The number of thioether (sulfide) groups is 1. The van der Waals surface area contributed by atoms with Crippen LogP contribution in [-0.4, -0.2) is 27.7 Å². The van der Waals surface area contributed by atoms with E-state index in [0.29, 0.717) is 12.8 Å². The van der Waals surface area contributed by atoms with Gasteiger partial charge in [0.05, 0.1) is 0 Å². The van der Waals surface area contributed by atoms with E-state index in [1.165, 1.54) is 5.56 Å². The van der Waals surface area contributed by atoms with E-state index in [4.69, 9.17) is 11.6 Å². The number of halogens is 1. The average Bonchev–Trinajstić information content (AvgIpc) is 3.09. The first-order valence-corrected chi connectivity index (χ1v) is 10.5. The minimum Gasteiger partial charge on any atom is -0.359 e. The van der Waals surface area contributed by atoms with Gasteiger partial charge in [-0.3, -0.25) is 9.36 Å². The molecule has 7 heteroatoms. The number of aromatic nitrogens is 3. The van der Waals surface area contributed by atoms with Crippen molar-refractivity contribution < 1.29 is 4.79 Å². The van der Waals surface area contributed by atoms with E-state index in [0.717, 1.165) is 39.4 Å². The van der Waals surface area contributed by atoms with Crippen molar-refractivity contribution in [1.82, 2.24) is 20.1 Å². The van der Waals surface area contributed by atoms with Crippen LogP contribution in [0.25, 0.3) is 5.69 Å². The molecule has 0 aliphatic carbocycles. The lowest BCUT2D eigenvalue weighted by Gasteiger charge is -2.11. The molecule has 1 N–H and O–H groups in total. The van der Waals surface area contributed by atoms with Crippen molar-refractivity contribution in [3.05, 3.63) is 70.5 Å². The lowest BCUT2D eigenvalue weighted by molar-refractivity contribution is -0.120. The standard InChI is InChI=1S/C21H23ClN4OS/c1-15-6-3-9-18(12-15)26-19(10-5-11-20(27)23-2)24-25-21(26)28-14-16-7-4-8-17(22)13-16/h3-4,6-9,12-13H,5,10-11,14H2,1-2H3,(H,23,27). The van der Waals surface area contributed by atoms with Gasteiger partial charge in [-0.25, -0.2) is 0 Å². The molecule has 0 atom stereocenters. The predicted octanol–water partition coefficient (Wildman–Crippen LogP) is 4.59. The van der Waals surface area contributed by atoms with E-state index >= 15 is 0 Å². The van der Waals surface area contributed by atoms with Crippen molar-refractivity contribution in [1.29, 1.82) is 0 Å². The summed E-state index contributed by atoms with van der Waals surface area (Å²) in [6.07, 6.45) is 1.89. The molecule has 0 unspecified atom stereocenters. The van der Waals surface area contributed by atoms with Crippen LogP contribution < -0.4 is 5.32 Å². The Hall–Kier alpha value is -2.31. The van der Waals surface area contributed by atoms with Crippen molar-refractivity contribution in [2.24, 2.45) is 0 Å². The Balaban J connectivity index is 1.83. The second-order valence-electron chi connectivity index (χ2n) is 6.52. The second kappa shape index (κ2) is 9.75. The van der Waals surface area contributed by atoms with Gasteiger partial charge in [0.15, 0.2) is 5.16 Å². The highest BCUT2D eigenvalue weighted by atomic mass is 35.5. The maximum Gasteiger partial charge on any atom is 0.219 e. The Labute approximate surface area is 174 Å². The molecule has 0 aliphatic heterocycles. The van der Waals surface area contributed by atoms with Crippen LogP contribution in [0.1, 0.15) is 29.8 Å². The number of carbonyl (C=O) groups is 1. The summed E-state index contributed by atoms with van der Waals surface area (Å²) in [7, 11) is 1.65. The fourth-order valence-corrected chi connectivity index (χ4v) is 4.02. The summed E-state index contributed by atoms with van der Waals surface area (Å²) >= 11 is 7.72. The topological polar surface area (TPSA) is 59.8 Å². The molecule has 0 fully saturated rings. The number of carbonyl (C=O) groups excluding carboxylic acids is 1. The van der Waals surface area contributed by atoms with Crippen molar-refractivity contribution in [2.75, 3.05) is 7.05 Å². The van der Waals surface area contributed by atoms with Crippen molar-refractivity contribution in [3.8, 4) is 5.69 Å². The quantitative estimate of drug-likeness (QED) is 0.547. The van der Waals surface area contributed by atoms with E-state index in [2.05, 4.69) is 51.3 Å². The van der Waals surface area contributed by atoms with Crippen LogP contribution in [-0.2, 0) is 17.0 Å². The number of aryl methyl sites for hydroxylation is 2. The maximum absolute atomic E-state index is 11.5. The first-order valence-electron chi connectivity index (χ1n) is 9.16. The molecule has 2 aromatic carbocycles. The Morgan fingerprint density at radius 1 is 1.18 bits per heavy atom. The van der Waals surface area contributed by atoms with Crippen LogP contribution in [0.2, 0.25) is 5.02 Å². The van der Waals surface area contributed by atoms with E-state index in [-0.39, 0.29) is 5.91 Å². The van der Waals surface area contributed by atoms with Crippen molar-refractivity contribution >= 4 is 29.3 Å². The van der Waals surface area contributed by atoms with Crippen LogP contribution in [0.5, 0.6) is 0 Å². The Morgan fingerprint density at radius 2 is 2.00 bits per heavy atom. The zero-order chi connectivity index (χ0) is 19.9. The molecule has 28 heavy (non-hydrogen) atoms. The zero-order valence-corrected chi connectivity index (χ0v) is 17.6. The minimum absolute atomic E-state index is 0.0391. The molecule has 0 bridgehead atoms. The summed E-state index contributed by atoms with van der Waals surface area (Å²) in [6, 6.07) is 16.1. The highest BCUT2D eigenvalue weighted by Crippen LogP contribution is 2.27. The van der Waals surface area contributed by atoms with Crippen molar-refractivity contribution in [2.45, 2.75) is 37.1 Å². The largest absolute Gasteiger partial charge is 0.359 e. The number of nitrogens with one attached hydrogen (secondary N) is 1. The molecule has 1 heterocycles. The zero-order valence-electron chi connectivity index (χ0n) is 16.0. The number of hydrogen-bond donors (Lipinski definition) is 1. The summed E-state index contributed by atoms with van der Waals surface area (Å²) in [5.74, 6) is 1.66. The van der Waals surface area contributed by atoms with Gasteiger partial charge in [-0.05, 0) is 48.7 Å². The number of benzene rings is 2. The Kier molecular flexibility index (Phi) is 7.12. The maximum atomic E-state index is 11.5. The smallest absolute Gasteiger partial charge is 0.219 e. The number of amides is 1. The summed E-state index contributed by atoms with van der Waals surface area (Å²) in [5.41, 5.74) is 3.35. The molecular weight excluding hydrogens is 392 g/mol. The molecule has 3 rings (SSSR count). The number of rotatable bonds is 8. The summed E-state index contributed by atoms with van der Waals surface area (Å²) in [5, 5.41) is 13.0. The van der Waals surface area contributed by atoms with Crippen LogP contribution in [0.15, 0.2) is 53.7 Å². The molecule has 1 aromatic heterocycles. The molecule has 5 nitrogen and oxygen atoms in total. The van der Waals surface area contributed by atoms with Gasteiger partial charge < -0.3 is 5.32 Å². The first kappa shape index (κ1) is 20.4. The van der Waals surface area contributed by atoms with Gasteiger partial charge in [0.1, 0.15) is 5.82 Å². The third kappa shape index (κ3) is 5.36. The minimum atomic E-state index is 0.0391. The molecule has 0 saturated carbocycles. The van der Waals surface area contributed by atoms with Gasteiger partial charge in [0.25, 0.3) is 0 Å². The van der Waals surface area contributed by atoms with Crippen molar-refractivity contribution in [3.63, 3.8) is 0 Å². The summed E-state index contributed by atoms with van der Waals surface area (Å²) < 4.78 is 2.09. The SMILES string of the molecule is CNC(=O)CCCc1nnc(SCc2cccc(Cl)c2)n1-c1cccc(C)c1. The average molecular weight is 415 g/mol. The highest BCUT2D eigenvalue weighted by molar-refractivity contribution is 7.98. The highest BCUT2D eigenvalue weighted by Gasteiger charge is 2.15. The molecular formula is C21H23ClN4OS. The first-order chi connectivity index (χ1) is 13.6. The Morgan fingerprint density at radius 3 is 2.75 bits per heavy atom. The normalized spacial score (nSPS) is 10.8. The molecule has 0 saturated heterocycles. The van der Waals surface area contributed by atoms with Gasteiger partial charge in [-0.1, -0.05) is 47.6 Å². The molecule has 1 amide bonds. The van der Waals surface area contributed by atoms with Gasteiger partial charge in [0.2, 0.25) is 5.91 Å². The molecule has 3 aromatic rings. The van der Waals surface area contributed by atoms with Gasteiger partial charge in [-0.15, -0.1) is 10.2 Å². The van der Waals surface area contributed by atoms with Crippen LogP contribution in [0.3, 0.4) is 0 Å². The number of nitrogens with zero attached hydrogens (tertiary/aromatic N) is 3. The fraction of sp³-hybridized carbons (Fsp3) is 0.286. The van der Waals surface area contributed by atoms with E-state index in [1.807, 2.05) is 24.3 Å².